The van der Waals surface area contributed by atoms with E-state index in [1.165, 1.54) is 0 Å². The third-order valence-electron chi connectivity index (χ3n) is 3.62. The molecule has 0 bridgehead atoms. The van der Waals surface area contributed by atoms with Gasteiger partial charge < -0.3 is 10.2 Å². The van der Waals surface area contributed by atoms with Crippen molar-refractivity contribution in [2.45, 2.75) is 25.0 Å². The van der Waals surface area contributed by atoms with Gasteiger partial charge in [0.15, 0.2) is 9.84 Å². The van der Waals surface area contributed by atoms with Crippen molar-refractivity contribution in [3.05, 3.63) is 0 Å². The Labute approximate surface area is 96.0 Å². The maximum absolute atomic E-state index is 11.4. The lowest BCUT2D eigenvalue weighted by Gasteiger charge is -2.25. The van der Waals surface area contributed by atoms with Crippen LogP contribution >= 0.6 is 0 Å². The van der Waals surface area contributed by atoms with Crippen molar-refractivity contribution < 1.29 is 18.6 Å². The summed E-state index contributed by atoms with van der Waals surface area (Å²) in [6, 6.07) is -0.228. The quantitative estimate of drug-likeness (QED) is 0.660. The largest absolute Gasteiger partial charge is 0.396 e. The molecule has 2 N–H and O–H groups in total. The Morgan fingerprint density at radius 2 is 2.06 bits per heavy atom. The summed E-state index contributed by atoms with van der Waals surface area (Å²) in [6.07, 6.45) is 1.02. The number of sulfone groups is 1. The number of aliphatic hydroxyl groups excluding tert-OH is 2. The van der Waals surface area contributed by atoms with Crippen LogP contribution < -0.4 is 0 Å². The summed E-state index contributed by atoms with van der Waals surface area (Å²) in [5.74, 6) is 0.430. The number of likely N-dealkylation sites (tertiary alicyclic amines) is 1. The third-order valence-corrected chi connectivity index (χ3v) is 5.32. The van der Waals surface area contributed by atoms with Crippen LogP contribution in [-0.2, 0) is 9.84 Å². The maximum Gasteiger partial charge on any atom is 0.154 e. The van der Waals surface area contributed by atoms with Gasteiger partial charge in [0.2, 0.25) is 0 Å². The van der Waals surface area contributed by atoms with Crippen LogP contribution in [0.4, 0.5) is 0 Å². The summed E-state index contributed by atoms with van der Waals surface area (Å²) in [7, 11) is -3.05. The highest BCUT2D eigenvalue weighted by atomic mass is 32.2. The molecule has 2 saturated heterocycles. The monoisotopic (exact) mass is 249 g/mol. The molecular formula is C10H19NO4S. The summed E-state index contributed by atoms with van der Waals surface area (Å²) in [5, 5.41) is 18.6. The molecule has 2 aliphatic rings. The summed E-state index contributed by atoms with van der Waals surface area (Å²) in [5.41, 5.74) is 0. The standard InChI is InChI=1S/C10H19NO4S/c12-4-2-8-1-3-11(5-8)9-6-16(14,15)7-10(9)13/h8-10,12-13H,1-7H2. The van der Waals surface area contributed by atoms with Crippen LogP contribution in [-0.4, -0.2) is 66.9 Å². The Kier molecular flexibility index (Phi) is 3.53. The second kappa shape index (κ2) is 4.60. The predicted molar refractivity (Wildman–Crippen MR) is 59.8 cm³/mol. The highest BCUT2D eigenvalue weighted by molar-refractivity contribution is 7.91. The van der Waals surface area contributed by atoms with E-state index in [9.17, 15) is 13.5 Å². The number of rotatable bonds is 3. The molecule has 94 valence electrons. The first-order chi connectivity index (χ1) is 7.52. The van der Waals surface area contributed by atoms with Gasteiger partial charge in [-0.25, -0.2) is 8.42 Å². The van der Waals surface area contributed by atoms with Gasteiger partial charge in [-0.2, -0.15) is 0 Å². The van der Waals surface area contributed by atoms with Gasteiger partial charge in [0.05, 0.1) is 23.7 Å². The van der Waals surface area contributed by atoms with Crippen molar-refractivity contribution in [3.63, 3.8) is 0 Å². The number of nitrogens with zero attached hydrogens (tertiary/aromatic N) is 1. The molecule has 2 rings (SSSR count). The SMILES string of the molecule is O=S1(=O)CC(O)C(N2CCC(CCO)C2)C1. The topological polar surface area (TPSA) is 77.8 Å². The van der Waals surface area contributed by atoms with Crippen LogP contribution in [0.5, 0.6) is 0 Å². The van der Waals surface area contributed by atoms with Crippen LogP contribution in [0.2, 0.25) is 0 Å². The summed E-state index contributed by atoms with van der Waals surface area (Å²) in [6.45, 7) is 1.82. The summed E-state index contributed by atoms with van der Waals surface area (Å²) >= 11 is 0. The molecule has 16 heavy (non-hydrogen) atoms. The van der Waals surface area contributed by atoms with Crippen molar-refractivity contribution in [2.75, 3.05) is 31.2 Å². The molecule has 3 atom stereocenters. The van der Waals surface area contributed by atoms with E-state index in [0.717, 1.165) is 25.9 Å². The Morgan fingerprint density at radius 3 is 2.62 bits per heavy atom. The van der Waals surface area contributed by atoms with Crippen LogP contribution in [0.25, 0.3) is 0 Å². The van der Waals surface area contributed by atoms with Crippen LogP contribution in [0.3, 0.4) is 0 Å². The lowest BCUT2D eigenvalue weighted by atomic mass is 10.1. The van der Waals surface area contributed by atoms with Gasteiger partial charge in [-0.15, -0.1) is 0 Å². The number of hydrogen-bond donors (Lipinski definition) is 2. The lowest BCUT2D eigenvalue weighted by molar-refractivity contribution is 0.0953. The van der Waals surface area contributed by atoms with E-state index < -0.39 is 15.9 Å². The first-order valence-corrected chi connectivity index (χ1v) is 7.57. The molecular weight excluding hydrogens is 230 g/mol. The molecule has 0 aromatic carbocycles. The molecule has 0 saturated carbocycles. The van der Waals surface area contributed by atoms with Gasteiger partial charge in [0.1, 0.15) is 0 Å². The summed E-state index contributed by atoms with van der Waals surface area (Å²) < 4.78 is 22.8. The molecule has 0 radical (unpaired) electrons. The first kappa shape index (κ1) is 12.3. The second-order valence-electron chi connectivity index (χ2n) is 4.87. The normalized spacial score (nSPS) is 39.2. The van der Waals surface area contributed by atoms with E-state index in [2.05, 4.69) is 4.90 Å². The Morgan fingerprint density at radius 1 is 1.31 bits per heavy atom. The fraction of sp³-hybridized carbons (Fsp3) is 1.00. The molecule has 0 aromatic heterocycles. The fourth-order valence-corrected chi connectivity index (χ4v) is 4.57. The minimum Gasteiger partial charge on any atom is -0.396 e. The smallest absolute Gasteiger partial charge is 0.154 e. The molecule has 5 nitrogen and oxygen atoms in total. The zero-order chi connectivity index (χ0) is 11.8. The average molecular weight is 249 g/mol. The van der Waals surface area contributed by atoms with Gasteiger partial charge in [0.25, 0.3) is 0 Å². The molecule has 0 amide bonds. The zero-order valence-corrected chi connectivity index (χ0v) is 10.1. The maximum atomic E-state index is 11.4. The van der Waals surface area contributed by atoms with E-state index >= 15 is 0 Å². The van der Waals surface area contributed by atoms with Crippen LogP contribution in [0.1, 0.15) is 12.8 Å². The Balaban J connectivity index is 1.95. The third kappa shape index (κ3) is 2.56. The first-order valence-electron chi connectivity index (χ1n) is 5.75. The van der Waals surface area contributed by atoms with Gasteiger partial charge in [-0.1, -0.05) is 0 Å². The van der Waals surface area contributed by atoms with E-state index in [1.54, 1.807) is 0 Å². The van der Waals surface area contributed by atoms with E-state index in [1.807, 2.05) is 0 Å². The predicted octanol–water partition coefficient (Wildman–Crippen LogP) is -1.15. The van der Waals surface area contributed by atoms with Gasteiger partial charge in [-0.05, 0) is 25.3 Å². The van der Waals surface area contributed by atoms with Crippen molar-refractivity contribution in [3.8, 4) is 0 Å². The van der Waals surface area contributed by atoms with Crippen molar-refractivity contribution >= 4 is 9.84 Å². The molecule has 0 aliphatic carbocycles. The lowest BCUT2D eigenvalue weighted by Crippen LogP contribution is -2.41. The molecule has 0 spiro atoms. The molecule has 0 aromatic rings. The average Bonchev–Trinajstić information content (AvgIpc) is 2.71. The second-order valence-corrected chi connectivity index (χ2v) is 7.03. The molecule has 2 heterocycles. The fourth-order valence-electron chi connectivity index (χ4n) is 2.74. The molecule has 3 unspecified atom stereocenters. The van der Waals surface area contributed by atoms with Crippen LogP contribution in [0.15, 0.2) is 0 Å². The Bertz CT molecular complexity index is 343. The van der Waals surface area contributed by atoms with Crippen LogP contribution in [0, 0.1) is 5.92 Å². The highest BCUT2D eigenvalue weighted by Gasteiger charge is 2.41. The summed E-state index contributed by atoms with van der Waals surface area (Å²) in [4.78, 5) is 2.07. The molecule has 2 aliphatic heterocycles. The van der Waals surface area contributed by atoms with Crippen molar-refractivity contribution in [2.24, 2.45) is 5.92 Å². The van der Waals surface area contributed by atoms with E-state index in [-0.39, 0.29) is 24.2 Å². The zero-order valence-electron chi connectivity index (χ0n) is 9.25. The minimum absolute atomic E-state index is 0.0833. The minimum atomic E-state index is -3.05. The van der Waals surface area contributed by atoms with E-state index in [4.69, 9.17) is 5.11 Å². The Hall–Kier alpha value is -0.170. The van der Waals surface area contributed by atoms with E-state index in [0.29, 0.717) is 5.92 Å². The van der Waals surface area contributed by atoms with Gasteiger partial charge in [-0.3, -0.25) is 4.90 Å². The molecule has 2 fully saturated rings. The van der Waals surface area contributed by atoms with Gasteiger partial charge in [0, 0.05) is 13.2 Å². The number of aliphatic hydroxyl groups is 2. The van der Waals surface area contributed by atoms with Crippen molar-refractivity contribution in [1.29, 1.82) is 0 Å². The van der Waals surface area contributed by atoms with Crippen molar-refractivity contribution in [1.82, 2.24) is 4.90 Å². The van der Waals surface area contributed by atoms with Gasteiger partial charge >= 0.3 is 0 Å². The highest BCUT2D eigenvalue weighted by Crippen LogP contribution is 2.26. The number of hydrogen-bond acceptors (Lipinski definition) is 5. The molecule has 6 heteroatoms.